The van der Waals surface area contributed by atoms with Crippen LogP contribution in [-0.4, -0.2) is 6.85 Å². The van der Waals surface area contributed by atoms with Crippen molar-refractivity contribution in [2.45, 2.75) is 131 Å². The summed E-state index contributed by atoms with van der Waals surface area (Å²) < 4.78 is 17.1. The molecule has 0 bridgehead atoms. The summed E-state index contributed by atoms with van der Waals surface area (Å²) in [6.07, 6.45) is 0. The third-order valence-electron chi connectivity index (χ3n) is 17.8. The molecule has 0 unspecified atom stereocenters. The Hall–Kier alpha value is -8.00. The van der Waals surface area contributed by atoms with Crippen LogP contribution in [0.1, 0.15) is 132 Å². The van der Waals surface area contributed by atoms with E-state index in [0.29, 0.717) is 0 Å². The van der Waals surface area contributed by atoms with Crippen molar-refractivity contribution in [3.05, 3.63) is 204 Å². The molecule has 9 aromatic carbocycles. The molecule has 5 heterocycles. The van der Waals surface area contributed by atoms with Gasteiger partial charge in [-0.1, -0.05) is 177 Å². The lowest BCUT2D eigenvalue weighted by Crippen LogP contribution is -2.60. The minimum atomic E-state index is -0.225. The summed E-state index contributed by atoms with van der Waals surface area (Å²) in [5.74, 6) is 0. The first-order valence-electron chi connectivity index (χ1n) is 29.7. The van der Waals surface area contributed by atoms with E-state index in [-0.39, 0.29) is 33.9 Å². The van der Waals surface area contributed by atoms with E-state index >= 15 is 0 Å². The van der Waals surface area contributed by atoms with Gasteiger partial charge in [0.15, 0.2) is 5.58 Å². The number of nitrogens with zero attached hydrogens (tertiary/aromatic N) is 3. The molecule has 0 saturated heterocycles. The normalized spacial score (nSPS) is 13.9. The van der Waals surface area contributed by atoms with E-state index in [9.17, 15) is 0 Å². The third kappa shape index (κ3) is 8.62. The van der Waals surface area contributed by atoms with Crippen molar-refractivity contribution >= 4 is 128 Å². The summed E-state index contributed by atoms with van der Waals surface area (Å²) >= 11 is 1.92. The number of thiophene rings is 1. The molecule has 3 aromatic heterocycles. The molecule has 0 saturated carbocycles. The molecule has 12 aromatic rings. The Bertz CT molecular complexity index is 4510. The summed E-state index contributed by atoms with van der Waals surface area (Å²) in [7, 11) is 0. The summed E-state index contributed by atoms with van der Waals surface area (Å²) in [5, 5.41) is 5.61. The van der Waals surface area contributed by atoms with Crippen molar-refractivity contribution in [1.29, 1.82) is 0 Å². The fraction of sp³-hybridized carbons (Fsp3) is 0.263. The molecule has 0 amide bonds. The molecule has 14 rings (SSSR count). The number of anilines is 8. The Labute approximate surface area is 494 Å². The average Bonchev–Trinajstić information content (AvgIpc) is 1.83. The van der Waals surface area contributed by atoms with E-state index in [1.807, 2.05) is 11.3 Å². The van der Waals surface area contributed by atoms with Crippen LogP contribution in [0.4, 0.5) is 45.5 Å². The van der Waals surface area contributed by atoms with Gasteiger partial charge in [-0.3, -0.25) is 0 Å². The molecular weight excluding hydrogens is 1030 g/mol. The van der Waals surface area contributed by atoms with Gasteiger partial charge in [0.2, 0.25) is 0 Å². The molecule has 0 aliphatic carbocycles. The van der Waals surface area contributed by atoms with E-state index in [0.717, 1.165) is 89.3 Å². The third-order valence-corrected chi connectivity index (χ3v) is 19.0. The number of benzene rings is 9. The number of hydrogen-bond donors (Lipinski definition) is 0. The summed E-state index contributed by atoms with van der Waals surface area (Å²) in [4.78, 5) is 7.57. The van der Waals surface area contributed by atoms with Gasteiger partial charge in [-0.2, -0.15) is 0 Å². The molecule has 0 radical (unpaired) electrons. The van der Waals surface area contributed by atoms with Crippen molar-refractivity contribution in [2.24, 2.45) is 0 Å². The highest BCUT2D eigenvalue weighted by Crippen LogP contribution is 2.55. The van der Waals surface area contributed by atoms with Crippen molar-refractivity contribution in [1.82, 2.24) is 0 Å². The van der Waals surface area contributed by atoms with Gasteiger partial charge in [0.1, 0.15) is 16.7 Å². The average molecular weight is 1100 g/mol. The van der Waals surface area contributed by atoms with E-state index in [4.69, 9.17) is 8.83 Å². The SMILES string of the molecule is CC(C)(C)c1ccc(N2B3c4sc5ccc(C(C)(C)C)cc5c4N(c4ccc(C(C)(C)C)cc4)c4c3c(cc3c4oc4ccccc43)-c3cc4c(cc32)oc2cc(N(c3ccc(C(C)(C)C)cc3)c3ccc(C(C)(C)C)cc3)ccc24)cc1. The molecule has 0 fully saturated rings. The Balaban J connectivity index is 1.06. The number of fused-ring (bicyclic) bond motifs is 13. The van der Waals surface area contributed by atoms with Gasteiger partial charge in [-0.15, -0.1) is 11.3 Å². The fourth-order valence-electron chi connectivity index (χ4n) is 13.0. The number of para-hydroxylation sites is 1. The Morgan fingerprint density at radius 3 is 1.46 bits per heavy atom. The second-order valence-corrected chi connectivity index (χ2v) is 29.8. The molecule has 0 atom stereocenters. The van der Waals surface area contributed by atoms with Crippen molar-refractivity contribution in [2.75, 3.05) is 14.6 Å². The lowest BCUT2D eigenvalue weighted by atomic mass is 9.46. The zero-order valence-electron chi connectivity index (χ0n) is 50.9. The summed E-state index contributed by atoms with van der Waals surface area (Å²) in [6, 6.07) is 66.7. The first-order chi connectivity index (χ1) is 39.3. The van der Waals surface area contributed by atoms with Crippen molar-refractivity contribution in [3.63, 3.8) is 0 Å². The van der Waals surface area contributed by atoms with Gasteiger partial charge in [0, 0.05) is 88.2 Å². The Morgan fingerprint density at radius 2 is 0.880 bits per heavy atom. The van der Waals surface area contributed by atoms with E-state index in [1.54, 1.807) is 0 Å². The van der Waals surface area contributed by atoms with E-state index < -0.39 is 0 Å². The molecule has 0 spiro atoms. The Morgan fingerprint density at radius 1 is 0.386 bits per heavy atom. The fourth-order valence-corrected chi connectivity index (χ4v) is 14.3. The minimum absolute atomic E-state index is 0.0156. The summed E-state index contributed by atoms with van der Waals surface area (Å²) in [5.41, 5.74) is 22.4. The van der Waals surface area contributed by atoms with Crippen LogP contribution >= 0.6 is 11.3 Å². The second-order valence-electron chi connectivity index (χ2n) is 28.7. The van der Waals surface area contributed by atoms with Crippen LogP contribution in [0.5, 0.6) is 0 Å². The maximum Gasteiger partial charge on any atom is 0.343 e. The predicted molar refractivity (Wildman–Crippen MR) is 358 cm³/mol. The lowest BCUT2D eigenvalue weighted by molar-refractivity contribution is 0.590. The number of rotatable bonds is 5. The van der Waals surface area contributed by atoms with Gasteiger partial charge < -0.3 is 23.4 Å². The zero-order valence-corrected chi connectivity index (χ0v) is 51.7. The van der Waals surface area contributed by atoms with Gasteiger partial charge in [0.25, 0.3) is 0 Å². The molecule has 7 heteroatoms. The summed E-state index contributed by atoms with van der Waals surface area (Å²) in [6.45, 7) is 34.2. The van der Waals surface area contributed by atoms with Gasteiger partial charge in [0.05, 0.1) is 11.4 Å². The highest BCUT2D eigenvalue weighted by Gasteiger charge is 2.49. The standard InChI is InChI=1S/C76H74BN3O2S/c1-72(2,3)45-20-29-50(30-21-45)78(51-31-22-46(23-32-51)73(4,5)6)54-37-38-56-58-42-57-59-43-60-55-18-16-17-19-63(55)82-70(60)69-67(59)77(80(62(57)44-65(58)81-64(56)41-54)53-35-26-48(27-36-53)75(10,11)12)71-68(61-40-49(76(13,14)15)28-39-66(61)83-71)79(69)52-33-24-47(25-34-52)74(7,8)9/h16-44H,1-15H3. The van der Waals surface area contributed by atoms with Crippen molar-refractivity contribution in [3.8, 4) is 11.1 Å². The molecule has 2 aliphatic rings. The topological polar surface area (TPSA) is 36.0 Å². The minimum Gasteiger partial charge on any atom is -0.456 e. The van der Waals surface area contributed by atoms with Gasteiger partial charge in [-0.05, 0) is 157 Å². The highest BCUT2D eigenvalue weighted by molar-refractivity contribution is 7.32. The van der Waals surface area contributed by atoms with E-state index in [1.165, 1.54) is 59.4 Å². The smallest absolute Gasteiger partial charge is 0.343 e. The number of furan rings is 2. The molecule has 414 valence electrons. The molecule has 2 aliphatic heterocycles. The molecular formula is C76H74BN3O2S. The quantitative estimate of drug-likeness (QED) is 0.161. The van der Waals surface area contributed by atoms with Crippen molar-refractivity contribution < 1.29 is 8.83 Å². The highest BCUT2D eigenvalue weighted by atomic mass is 32.1. The molecule has 83 heavy (non-hydrogen) atoms. The lowest BCUT2D eigenvalue weighted by Gasteiger charge is -2.44. The molecule has 5 nitrogen and oxygen atoms in total. The van der Waals surface area contributed by atoms with E-state index in [2.05, 4.69) is 294 Å². The Kier molecular flexibility index (Phi) is 11.7. The molecule has 0 N–H and O–H groups in total. The first kappa shape index (κ1) is 53.0. The van der Waals surface area contributed by atoms with Crippen LogP contribution in [0.15, 0.2) is 185 Å². The van der Waals surface area contributed by atoms with Crippen LogP contribution in [0.25, 0.3) is 65.1 Å². The van der Waals surface area contributed by atoms with Crippen LogP contribution in [0.2, 0.25) is 0 Å². The van der Waals surface area contributed by atoms with Crippen LogP contribution in [0, 0.1) is 0 Å². The largest absolute Gasteiger partial charge is 0.456 e. The zero-order chi connectivity index (χ0) is 58.0. The van der Waals surface area contributed by atoms with Crippen LogP contribution in [-0.2, 0) is 27.1 Å². The van der Waals surface area contributed by atoms with Crippen LogP contribution in [0.3, 0.4) is 0 Å². The monoisotopic (exact) mass is 1100 g/mol. The second kappa shape index (κ2) is 18.3. The predicted octanol–water partition coefficient (Wildman–Crippen LogP) is 21.4. The maximum atomic E-state index is 7.29. The maximum absolute atomic E-state index is 7.29. The van der Waals surface area contributed by atoms with Gasteiger partial charge in [-0.25, -0.2) is 0 Å². The number of hydrogen-bond acceptors (Lipinski definition) is 6. The first-order valence-corrected chi connectivity index (χ1v) is 30.5. The van der Waals surface area contributed by atoms with Gasteiger partial charge >= 0.3 is 6.85 Å². The van der Waals surface area contributed by atoms with Crippen LogP contribution < -0.4 is 24.9 Å².